The van der Waals surface area contributed by atoms with Crippen LogP contribution in [0.2, 0.25) is 0 Å². The van der Waals surface area contributed by atoms with Gasteiger partial charge in [0.25, 0.3) is 0 Å². The summed E-state index contributed by atoms with van der Waals surface area (Å²) < 4.78 is 5.87. The normalized spacial score (nSPS) is 22.0. The molecule has 1 rings (SSSR count). The van der Waals surface area contributed by atoms with Crippen LogP contribution in [0.25, 0.3) is 0 Å². The van der Waals surface area contributed by atoms with Gasteiger partial charge in [-0.3, -0.25) is 0 Å². The fourth-order valence-electron chi connectivity index (χ4n) is 3.57. The number of ether oxygens (including phenoxy) is 1. The predicted molar refractivity (Wildman–Crippen MR) is 92.5 cm³/mol. The molecule has 2 unspecified atom stereocenters. The second-order valence-corrected chi connectivity index (χ2v) is 6.94. The van der Waals surface area contributed by atoms with Gasteiger partial charge in [-0.2, -0.15) is 0 Å². The van der Waals surface area contributed by atoms with Crippen LogP contribution < -0.4 is 5.73 Å². The van der Waals surface area contributed by atoms with Crippen molar-refractivity contribution in [3.63, 3.8) is 0 Å². The topological polar surface area (TPSA) is 35.2 Å². The number of hydrogen-bond donors (Lipinski definition) is 1. The Morgan fingerprint density at radius 2 is 1.38 bits per heavy atom. The molecule has 2 N–H and O–H groups in total. The maximum absolute atomic E-state index is 5.87. The van der Waals surface area contributed by atoms with Crippen LogP contribution in [0.4, 0.5) is 0 Å². The number of hydrogen-bond acceptors (Lipinski definition) is 2. The van der Waals surface area contributed by atoms with Gasteiger partial charge in [0.1, 0.15) is 0 Å². The van der Waals surface area contributed by atoms with Crippen LogP contribution in [-0.4, -0.2) is 19.8 Å². The standard InChI is InChI=1S/C19H39NO/c1-2-3-4-5-6-7-8-9-10-11-15-21-17-19-14-12-13-18(19)16-20/h18-19H,2-17,20H2,1H3. The highest BCUT2D eigenvalue weighted by Crippen LogP contribution is 2.30. The molecule has 0 bridgehead atoms. The Kier molecular flexibility index (Phi) is 12.3. The van der Waals surface area contributed by atoms with Gasteiger partial charge in [-0.25, -0.2) is 0 Å². The summed E-state index contributed by atoms with van der Waals surface area (Å²) in [6.45, 7) is 5.06. The molecular weight excluding hydrogens is 258 g/mol. The summed E-state index contributed by atoms with van der Waals surface area (Å²) >= 11 is 0. The molecule has 0 saturated heterocycles. The van der Waals surface area contributed by atoms with Crippen LogP contribution in [0.15, 0.2) is 0 Å². The van der Waals surface area contributed by atoms with Crippen molar-refractivity contribution in [3.8, 4) is 0 Å². The maximum atomic E-state index is 5.87. The second-order valence-electron chi connectivity index (χ2n) is 6.94. The average Bonchev–Trinajstić information content (AvgIpc) is 2.96. The third-order valence-corrected chi connectivity index (χ3v) is 5.09. The monoisotopic (exact) mass is 297 g/mol. The summed E-state index contributed by atoms with van der Waals surface area (Å²) in [4.78, 5) is 0. The Hall–Kier alpha value is -0.0800. The quantitative estimate of drug-likeness (QED) is 0.442. The lowest BCUT2D eigenvalue weighted by Gasteiger charge is -2.17. The van der Waals surface area contributed by atoms with Gasteiger partial charge in [0, 0.05) is 13.2 Å². The lowest BCUT2D eigenvalue weighted by Crippen LogP contribution is -2.22. The largest absolute Gasteiger partial charge is 0.381 e. The summed E-state index contributed by atoms with van der Waals surface area (Å²) in [5.41, 5.74) is 5.81. The van der Waals surface area contributed by atoms with Crippen LogP contribution in [0.5, 0.6) is 0 Å². The molecule has 1 fully saturated rings. The SMILES string of the molecule is CCCCCCCCCCCCOCC1CCCC1CN. The molecule has 0 radical (unpaired) electrons. The molecule has 21 heavy (non-hydrogen) atoms. The molecule has 2 nitrogen and oxygen atoms in total. The zero-order valence-corrected chi connectivity index (χ0v) is 14.5. The van der Waals surface area contributed by atoms with E-state index in [1.54, 1.807) is 0 Å². The van der Waals surface area contributed by atoms with E-state index in [1.165, 1.54) is 83.5 Å². The van der Waals surface area contributed by atoms with Crippen molar-refractivity contribution in [2.75, 3.05) is 19.8 Å². The summed E-state index contributed by atoms with van der Waals surface area (Å²) in [6.07, 6.45) is 18.0. The van der Waals surface area contributed by atoms with Crippen molar-refractivity contribution in [1.82, 2.24) is 0 Å². The first-order valence-electron chi connectivity index (χ1n) is 9.66. The summed E-state index contributed by atoms with van der Waals surface area (Å²) in [5, 5.41) is 0. The van der Waals surface area contributed by atoms with E-state index in [0.29, 0.717) is 0 Å². The molecule has 0 aromatic heterocycles. The van der Waals surface area contributed by atoms with Crippen molar-refractivity contribution in [1.29, 1.82) is 0 Å². The Bertz CT molecular complexity index is 220. The molecule has 0 aliphatic heterocycles. The lowest BCUT2D eigenvalue weighted by molar-refractivity contribution is 0.0840. The first-order valence-corrected chi connectivity index (χ1v) is 9.66. The maximum Gasteiger partial charge on any atom is 0.0497 e. The van der Waals surface area contributed by atoms with Gasteiger partial charge in [0.2, 0.25) is 0 Å². The molecule has 2 heteroatoms. The summed E-state index contributed by atoms with van der Waals surface area (Å²) in [6, 6.07) is 0. The summed E-state index contributed by atoms with van der Waals surface area (Å²) in [5.74, 6) is 1.48. The molecule has 0 heterocycles. The van der Waals surface area contributed by atoms with E-state index in [1.807, 2.05) is 0 Å². The number of rotatable bonds is 14. The van der Waals surface area contributed by atoms with E-state index in [4.69, 9.17) is 10.5 Å². The van der Waals surface area contributed by atoms with Gasteiger partial charge >= 0.3 is 0 Å². The highest BCUT2D eigenvalue weighted by atomic mass is 16.5. The molecule has 0 spiro atoms. The van der Waals surface area contributed by atoms with Crippen molar-refractivity contribution in [2.45, 2.75) is 90.4 Å². The van der Waals surface area contributed by atoms with Crippen LogP contribution in [0, 0.1) is 11.8 Å². The van der Waals surface area contributed by atoms with Crippen LogP contribution in [-0.2, 0) is 4.74 Å². The Balaban J connectivity index is 1.76. The molecule has 126 valence electrons. The number of nitrogens with two attached hydrogens (primary N) is 1. The minimum Gasteiger partial charge on any atom is -0.381 e. The van der Waals surface area contributed by atoms with Gasteiger partial charge in [-0.15, -0.1) is 0 Å². The van der Waals surface area contributed by atoms with Crippen molar-refractivity contribution in [3.05, 3.63) is 0 Å². The Morgan fingerprint density at radius 3 is 2.00 bits per heavy atom. The van der Waals surface area contributed by atoms with E-state index in [2.05, 4.69) is 6.92 Å². The Labute approximate surface area is 133 Å². The van der Waals surface area contributed by atoms with Crippen molar-refractivity contribution < 1.29 is 4.74 Å². The van der Waals surface area contributed by atoms with E-state index in [0.717, 1.165) is 31.6 Å². The zero-order valence-electron chi connectivity index (χ0n) is 14.5. The van der Waals surface area contributed by atoms with Gasteiger partial charge in [0.15, 0.2) is 0 Å². The molecule has 1 saturated carbocycles. The van der Waals surface area contributed by atoms with E-state index < -0.39 is 0 Å². The molecule has 1 aliphatic rings. The zero-order chi connectivity index (χ0) is 15.2. The van der Waals surface area contributed by atoms with E-state index in [9.17, 15) is 0 Å². The third-order valence-electron chi connectivity index (χ3n) is 5.09. The number of unbranched alkanes of at least 4 members (excludes halogenated alkanes) is 9. The first-order chi connectivity index (χ1) is 10.4. The smallest absolute Gasteiger partial charge is 0.0497 e. The van der Waals surface area contributed by atoms with Gasteiger partial charge in [-0.1, -0.05) is 71.1 Å². The second kappa shape index (κ2) is 13.6. The van der Waals surface area contributed by atoms with Gasteiger partial charge < -0.3 is 10.5 Å². The lowest BCUT2D eigenvalue weighted by atomic mass is 9.97. The molecule has 1 aliphatic carbocycles. The molecule has 2 atom stereocenters. The van der Waals surface area contributed by atoms with Crippen molar-refractivity contribution in [2.24, 2.45) is 17.6 Å². The fourth-order valence-corrected chi connectivity index (χ4v) is 3.57. The summed E-state index contributed by atoms with van der Waals surface area (Å²) in [7, 11) is 0. The Morgan fingerprint density at radius 1 is 0.810 bits per heavy atom. The molecule has 0 aromatic rings. The van der Waals surface area contributed by atoms with Crippen LogP contribution in [0.1, 0.15) is 90.4 Å². The minimum atomic E-state index is 0.734. The highest BCUT2D eigenvalue weighted by Gasteiger charge is 2.25. The van der Waals surface area contributed by atoms with E-state index >= 15 is 0 Å². The third kappa shape index (κ3) is 9.52. The average molecular weight is 298 g/mol. The fraction of sp³-hybridized carbons (Fsp3) is 1.00. The van der Waals surface area contributed by atoms with Crippen molar-refractivity contribution >= 4 is 0 Å². The minimum absolute atomic E-state index is 0.734. The van der Waals surface area contributed by atoms with Gasteiger partial charge in [-0.05, 0) is 37.6 Å². The van der Waals surface area contributed by atoms with Crippen LogP contribution in [0.3, 0.4) is 0 Å². The molecular formula is C19H39NO. The molecule has 0 amide bonds. The first kappa shape index (κ1) is 19.0. The predicted octanol–water partition coefficient (Wildman–Crippen LogP) is 5.30. The van der Waals surface area contributed by atoms with E-state index in [-0.39, 0.29) is 0 Å². The highest BCUT2D eigenvalue weighted by molar-refractivity contribution is 4.77. The molecule has 0 aromatic carbocycles. The van der Waals surface area contributed by atoms with Gasteiger partial charge in [0.05, 0.1) is 0 Å². The van der Waals surface area contributed by atoms with Crippen LogP contribution >= 0.6 is 0 Å².